The van der Waals surface area contributed by atoms with E-state index in [1.807, 2.05) is 6.07 Å². The Morgan fingerprint density at radius 3 is 2.62 bits per heavy atom. The zero-order valence-corrected chi connectivity index (χ0v) is 13.5. The van der Waals surface area contributed by atoms with Gasteiger partial charge < -0.3 is 10.7 Å². The number of H-pyrrole nitrogens is 1. The lowest BCUT2D eigenvalue weighted by Crippen LogP contribution is -1.96. The molecule has 3 rings (SSSR count). The first-order valence-corrected chi connectivity index (χ1v) is 8.78. The molecular formula is C14H12BrN3O2S. The molecule has 3 N–H and O–H groups in total. The van der Waals surface area contributed by atoms with Gasteiger partial charge in [0.2, 0.25) is 0 Å². The maximum absolute atomic E-state index is 11.6. The van der Waals surface area contributed by atoms with Gasteiger partial charge in [-0.1, -0.05) is 15.9 Å². The van der Waals surface area contributed by atoms with E-state index in [9.17, 15) is 8.42 Å². The zero-order valence-electron chi connectivity index (χ0n) is 11.1. The second-order valence-corrected chi connectivity index (χ2v) is 7.74. The van der Waals surface area contributed by atoms with Crippen LogP contribution in [0.2, 0.25) is 0 Å². The minimum absolute atomic E-state index is 0.263. The molecule has 1 aromatic heterocycles. The lowest BCUT2D eigenvalue weighted by Gasteiger charge is -2.00. The molecule has 0 fully saturated rings. The van der Waals surface area contributed by atoms with Gasteiger partial charge in [-0.2, -0.15) is 0 Å². The monoisotopic (exact) mass is 365 g/mol. The molecular weight excluding hydrogens is 354 g/mol. The number of imidazole rings is 1. The second-order valence-electron chi connectivity index (χ2n) is 4.81. The predicted molar refractivity (Wildman–Crippen MR) is 86.8 cm³/mol. The molecule has 3 aromatic rings. The average Bonchev–Trinajstić information content (AvgIpc) is 2.79. The van der Waals surface area contributed by atoms with Crippen molar-refractivity contribution in [2.75, 3.05) is 12.0 Å². The molecule has 0 saturated carbocycles. The van der Waals surface area contributed by atoms with Gasteiger partial charge in [0.1, 0.15) is 5.82 Å². The Kier molecular flexibility index (Phi) is 3.26. The number of hydrogen-bond acceptors (Lipinski definition) is 4. The fraction of sp³-hybridized carbons (Fsp3) is 0.0714. The standard InChI is InChI=1S/C14H12BrN3O2S/c1-21(19,20)11-2-3-12-13(7-11)18-14(17-12)8-4-9(15)6-10(16)5-8/h2-7H,16H2,1H3,(H,17,18). The number of halogens is 1. The largest absolute Gasteiger partial charge is 0.399 e. The van der Waals surface area contributed by atoms with E-state index in [1.54, 1.807) is 30.3 Å². The number of hydrogen-bond donors (Lipinski definition) is 2. The van der Waals surface area contributed by atoms with Gasteiger partial charge in [-0.3, -0.25) is 0 Å². The molecule has 0 atom stereocenters. The molecule has 0 aliphatic rings. The number of aromatic amines is 1. The maximum Gasteiger partial charge on any atom is 0.175 e. The molecule has 1 heterocycles. The summed E-state index contributed by atoms with van der Waals surface area (Å²) in [6.45, 7) is 0. The van der Waals surface area contributed by atoms with Gasteiger partial charge >= 0.3 is 0 Å². The van der Waals surface area contributed by atoms with Crippen LogP contribution in [0.25, 0.3) is 22.4 Å². The van der Waals surface area contributed by atoms with Gasteiger partial charge in [-0.25, -0.2) is 13.4 Å². The minimum atomic E-state index is -3.24. The highest BCUT2D eigenvalue weighted by atomic mass is 79.9. The SMILES string of the molecule is CS(=O)(=O)c1ccc2nc(-c3cc(N)cc(Br)c3)[nH]c2c1. The first-order valence-electron chi connectivity index (χ1n) is 6.09. The summed E-state index contributed by atoms with van der Waals surface area (Å²) in [6.07, 6.45) is 1.18. The molecule has 2 aromatic carbocycles. The number of nitrogen functional groups attached to an aromatic ring is 1. The van der Waals surface area contributed by atoms with Crippen molar-refractivity contribution < 1.29 is 8.42 Å². The summed E-state index contributed by atoms with van der Waals surface area (Å²) in [5, 5.41) is 0. The van der Waals surface area contributed by atoms with Crippen molar-refractivity contribution in [2.24, 2.45) is 0 Å². The molecule has 108 valence electrons. The molecule has 0 saturated heterocycles. The van der Waals surface area contributed by atoms with E-state index in [0.29, 0.717) is 22.5 Å². The molecule has 0 radical (unpaired) electrons. The fourth-order valence-corrected chi connectivity index (χ4v) is 3.26. The number of nitrogens with zero attached hydrogens (tertiary/aromatic N) is 1. The van der Waals surface area contributed by atoms with E-state index in [2.05, 4.69) is 25.9 Å². The summed E-state index contributed by atoms with van der Waals surface area (Å²) in [5.74, 6) is 0.642. The van der Waals surface area contributed by atoms with Crippen LogP contribution in [-0.2, 0) is 9.84 Å². The molecule has 0 aliphatic heterocycles. The Labute approximate surface area is 130 Å². The summed E-state index contributed by atoms with van der Waals surface area (Å²) in [4.78, 5) is 7.85. The minimum Gasteiger partial charge on any atom is -0.399 e. The van der Waals surface area contributed by atoms with Crippen LogP contribution in [-0.4, -0.2) is 24.6 Å². The van der Waals surface area contributed by atoms with E-state index >= 15 is 0 Å². The number of nitrogens with two attached hydrogens (primary N) is 1. The normalized spacial score (nSPS) is 11.9. The highest BCUT2D eigenvalue weighted by Crippen LogP contribution is 2.27. The van der Waals surface area contributed by atoms with E-state index in [4.69, 9.17) is 5.73 Å². The second kappa shape index (κ2) is 4.85. The van der Waals surface area contributed by atoms with Gasteiger partial charge in [0.15, 0.2) is 9.84 Å². The highest BCUT2D eigenvalue weighted by Gasteiger charge is 2.11. The fourth-order valence-electron chi connectivity index (χ4n) is 2.11. The lowest BCUT2D eigenvalue weighted by atomic mass is 10.2. The Morgan fingerprint density at radius 2 is 1.95 bits per heavy atom. The quantitative estimate of drug-likeness (QED) is 0.683. The third kappa shape index (κ3) is 2.79. The summed E-state index contributed by atoms with van der Waals surface area (Å²) in [6, 6.07) is 10.3. The molecule has 0 spiro atoms. The van der Waals surface area contributed by atoms with Gasteiger partial charge in [-0.15, -0.1) is 0 Å². The molecule has 0 amide bonds. The Balaban J connectivity index is 2.17. The van der Waals surface area contributed by atoms with Crippen molar-refractivity contribution in [1.82, 2.24) is 9.97 Å². The number of nitrogens with one attached hydrogen (secondary N) is 1. The number of aromatic nitrogens is 2. The molecule has 5 nitrogen and oxygen atoms in total. The molecule has 21 heavy (non-hydrogen) atoms. The van der Waals surface area contributed by atoms with Crippen molar-refractivity contribution >= 4 is 42.5 Å². The van der Waals surface area contributed by atoms with Crippen LogP contribution in [0.15, 0.2) is 45.8 Å². The van der Waals surface area contributed by atoms with E-state index in [-0.39, 0.29) is 4.90 Å². The van der Waals surface area contributed by atoms with Crippen molar-refractivity contribution in [3.63, 3.8) is 0 Å². The highest BCUT2D eigenvalue weighted by molar-refractivity contribution is 9.10. The predicted octanol–water partition coefficient (Wildman–Crippen LogP) is 2.98. The summed E-state index contributed by atoms with van der Waals surface area (Å²) < 4.78 is 24.0. The number of sulfone groups is 1. The number of fused-ring (bicyclic) bond motifs is 1. The van der Waals surface area contributed by atoms with Crippen molar-refractivity contribution in [3.05, 3.63) is 40.9 Å². The number of rotatable bonds is 2. The van der Waals surface area contributed by atoms with Crippen LogP contribution in [0.3, 0.4) is 0 Å². The molecule has 0 unspecified atom stereocenters. The Hall–Kier alpha value is -1.86. The third-order valence-electron chi connectivity index (χ3n) is 3.08. The smallest absolute Gasteiger partial charge is 0.175 e. The maximum atomic E-state index is 11.6. The zero-order chi connectivity index (χ0) is 15.2. The van der Waals surface area contributed by atoms with E-state index in [0.717, 1.165) is 10.0 Å². The van der Waals surface area contributed by atoms with Crippen LogP contribution >= 0.6 is 15.9 Å². The van der Waals surface area contributed by atoms with Crippen LogP contribution in [0.4, 0.5) is 5.69 Å². The van der Waals surface area contributed by atoms with Crippen molar-refractivity contribution in [1.29, 1.82) is 0 Å². The van der Waals surface area contributed by atoms with Crippen LogP contribution in [0.5, 0.6) is 0 Å². The Bertz CT molecular complexity index is 928. The Morgan fingerprint density at radius 1 is 1.19 bits per heavy atom. The van der Waals surface area contributed by atoms with E-state index < -0.39 is 9.84 Å². The summed E-state index contributed by atoms with van der Waals surface area (Å²) in [7, 11) is -3.24. The molecule has 0 aliphatic carbocycles. The van der Waals surface area contributed by atoms with Crippen LogP contribution < -0.4 is 5.73 Å². The van der Waals surface area contributed by atoms with Crippen molar-refractivity contribution in [3.8, 4) is 11.4 Å². The summed E-state index contributed by atoms with van der Waals surface area (Å²) >= 11 is 3.39. The van der Waals surface area contributed by atoms with Crippen LogP contribution in [0.1, 0.15) is 0 Å². The first kappa shape index (κ1) is 14.1. The van der Waals surface area contributed by atoms with Gasteiger partial charge in [-0.05, 0) is 36.4 Å². The van der Waals surface area contributed by atoms with Gasteiger partial charge in [0, 0.05) is 22.0 Å². The van der Waals surface area contributed by atoms with Gasteiger partial charge in [0.25, 0.3) is 0 Å². The van der Waals surface area contributed by atoms with Crippen LogP contribution in [0, 0.1) is 0 Å². The third-order valence-corrected chi connectivity index (χ3v) is 4.64. The molecule has 7 heteroatoms. The summed E-state index contributed by atoms with van der Waals surface area (Å²) in [5.41, 5.74) is 8.65. The molecule has 0 bridgehead atoms. The van der Waals surface area contributed by atoms with E-state index in [1.165, 1.54) is 6.26 Å². The lowest BCUT2D eigenvalue weighted by molar-refractivity contribution is 0.602. The van der Waals surface area contributed by atoms with Crippen molar-refractivity contribution in [2.45, 2.75) is 4.90 Å². The number of anilines is 1. The average molecular weight is 366 g/mol. The first-order chi connectivity index (χ1) is 9.83. The van der Waals surface area contributed by atoms with Gasteiger partial charge in [0.05, 0.1) is 15.9 Å². The topological polar surface area (TPSA) is 88.8 Å². The number of benzene rings is 2.